The van der Waals surface area contributed by atoms with Gasteiger partial charge in [-0.15, -0.1) is 0 Å². The number of rotatable bonds is 8. The van der Waals surface area contributed by atoms with Gasteiger partial charge in [0.25, 0.3) is 0 Å². The zero-order valence-corrected chi connectivity index (χ0v) is 18.1. The predicted molar refractivity (Wildman–Crippen MR) is 115 cm³/mol. The fraction of sp³-hybridized carbons (Fsp3) is 0.652. The molecule has 1 aromatic rings. The number of likely N-dealkylation sites (tertiary alicyclic amines) is 1. The number of nitrogens with zero attached hydrogens (tertiary/aromatic N) is 1. The zero-order valence-electron chi connectivity index (χ0n) is 18.1. The Morgan fingerprint density at radius 3 is 2.33 bits per heavy atom. The van der Waals surface area contributed by atoms with E-state index in [1.807, 2.05) is 27.8 Å². The summed E-state index contributed by atoms with van der Waals surface area (Å²) in [7, 11) is 1.82. The van der Waals surface area contributed by atoms with Crippen molar-refractivity contribution in [3.05, 3.63) is 41.0 Å². The van der Waals surface area contributed by atoms with Crippen LogP contribution in [0.25, 0.3) is 6.08 Å². The number of hydrogen-bond acceptors (Lipinski definition) is 2. The van der Waals surface area contributed by atoms with Gasteiger partial charge in [-0.25, -0.2) is 8.78 Å². The van der Waals surface area contributed by atoms with Crippen molar-refractivity contribution in [2.45, 2.75) is 66.2 Å². The topological polar surface area (TPSA) is 15.3 Å². The van der Waals surface area contributed by atoms with Crippen LogP contribution in [0.15, 0.2) is 23.8 Å². The lowest BCUT2D eigenvalue weighted by atomic mass is 10.1. The lowest BCUT2D eigenvalue weighted by molar-refractivity contribution is 0.328. The van der Waals surface area contributed by atoms with Crippen molar-refractivity contribution in [1.82, 2.24) is 10.2 Å². The summed E-state index contributed by atoms with van der Waals surface area (Å²) in [6, 6.07) is 3.57. The average Bonchev–Trinajstić information content (AvgIpc) is 3.17. The maximum Gasteiger partial charge on any atom is 0.133 e. The van der Waals surface area contributed by atoms with Crippen LogP contribution in [0.5, 0.6) is 0 Å². The van der Waals surface area contributed by atoms with Gasteiger partial charge in [-0.1, -0.05) is 51.7 Å². The summed E-state index contributed by atoms with van der Waals surface area (Å²) in [5.41, 5.74) is 1.41. The van der Waals surface area contributed by atoms with E-state index < -0.39 is 11.6 Å². The fourth-order valence-corrected chi connectivity index (χ4v) is 2.98. The number of likely N-dealkylation sites (N-methyl/N-ethyl adjacent to an activating group) is 1. The molecule has 1 aromatic carbocycles. The van der Waals surface area contributed by atoms with Crippen molar-refractivity contribution in [1.29, 1.82) is 0 Å². The highest BCUT2D eigenvalue weighted by Crippen LogP contribution is 2.13. The van der Waals surface area contributed by atoms with Gasteiger partial charge in [0.2, 0.25) is 0 Å². The number of halogens is 2. The van der Waals surface area contributed by atoms with E-state index in [-0.39, 0.29) is 0 Å². The highest BCUT2D eigenvalue weighted by molar-refractivity contribution is 5.53. The Balaban J connectivity index is 0.000000469. The third kappa shape index (κ3) is 12.7. The van der Waals surface area contributed by atoms with Gasteiger partial charge in [-0.3, -0.25) is 0 Å². The molecule has 2 rings (SSSR count). The first-order valence-electron chi connectivity index (χ1n) is 10.6. The lowest BCUT2D eigenvalue weighted by Gasteiger charge is -2.13. The molecular formula is C23H40F2N2. The molecule has 0 radical (unpaired) electrons. The second-order valence-corrected chi connectivity index (χ2v) is 6.80. The van der Waals surface area contributed by atoms with Gasteiger partial charge >= 0.3 is 0 Å². The average molecular weight is 383 g/mol. The van der Waals surface area contributed by atoms with Crippen molar-refractivity contribution in [3.63, 3.8) is 0 Å². The summed E-state index contributed by atoms with van der Waals surface area (Å²) in [6.07, 6.45) is 10.2. The molecule has 1 N–H and O–H groups in total. The number of benzene rings is 1. The van der Waals surface area contributed by atoms with E-state index in [9.17, 15) is 8.78 Å². The monoisotopic (exact) mass is 382 g/mol. The Labute approximate surface area is 166 Å². The van der Waals surface area contributed by atoms with E-state index in [0.717, 1.165) is 11.6 Å². The molecule has 2 nitrogen and oxygen atoms in total. The molecule has 1 aliphatic rings. The standard InChI is InChI=1S/C11H13F2N.C10H21N.C2H6/c1-8(7-14-2)5-9-3-4-10(12)6-11(9)13;1-2-3-4-5-8-11-9-6-7-10-11;1-2/h3-6,14H,7H2,1-2H3;2-10H2,1H3;1-2H3/b8-5+;;. The maximum atomic E-state index is 13.1. The van der Waals surface area contributed by atoms with E-state index in [1.54, 1.807) is 6.08 Å². The molecule has 0 atom stereocenters. The number of hydrogen-bond donors (Lipinski definition) is 1. The molecule has 4 heteroatoms. The minimum Gasteiger partial charge on any atom is -0.316 e. The summed E-state index contributed by atoms with van der Waals surface area (Å²) < 4.78 is 25.7. The summed E-state index contributed by atoms with van der Waals surface area (Å²) in [6.45, 7) is 12.9. The molecule has 27 heavy (non-hydrogen) atoms. The first kappa shape index (κ1) is 25.7. The summed E-state index contributed by atoms with van der Waals surface area (Å²) >= 11 is 0. The van der Waals surface area contributed by atoms with Gasteiger partial charge < -0.3 is 10.2 Å². The third-order valence-electron chi connectivity index (χ3n) is 4.35. The van der Waals surface area contributed by atoms with E-state index in [2.05, 4.69) is 17.1 Å². The predicted octanol–water partition coefficient (Wildman–Crippen LogP) is 6.28. The van der Waals surface area contributed by atoms with Crippen LogP contribution >= 0.6 is 0 Å². The molecule has 0 saturated carbocycles. The van der Waals surface area contributed by atoms with Crippen molar-refractivity contribution < 1.29 is 8.78 Å². The fourth-order valence-electron chi connectivity index (χ4n) is 2.98. The van der Waals surface area contributed by atoms with Gasteiger partial charge in [0.1, 0.15) is 11.6 Å². The molecule has 0 aliphatic carbocycles. The molecule has 0 amide bonds. The highest BCUT2D eigenvalue weighted by atomic mass is 19.1. The first-order valence-corrected chi connectivity index (χ1v) is 10.6. The molecule has 1 fully saturated rings. The van der Waals surface area contributed by atoms with E-state index >= 15 is 0 Å². The van der Waals surface area contributed by atoms with Gasteiger partial charge in [0, 0.05) is 18.2 Å². The van der Waals surface area contributed by atoms with Crippen LogP contribution in [-0.4, -0.2) is 38.1 Å². The first-order chi connectivity index (χ1) is 13.1. The summed E-state index contributed by atoms with van der Waals surface area (Å²) in [5.74, 6) is -1.08. The Morgan fingerprint density at radius 1 is 1.11 bits per heavy atom. The second kappa shape index (κ2) is 16.9. The maximum absolute atomic E-state index is 13.1. The van der Waals surface area contributed by atoms with Crippen LogP contribution in [0.1, 0.15) is 71.8 Å². The molecule has 1 saturated heterocycles. The third-order valence-corrected chi connectivity index (χ3v) is 4.35. The van der Waals surface area contributed by atoms with Crippen LogP contribution in [-0.2, 0) is 0 Å². The Kier molecular flexibility index (Phi) is 16.1. The second-order valence-electron chi connectivity index (χ2n) is 6.80. The van der Waals surface area contributed by atoms with Crippen LogP contribution in [0.4, 0.5) is 8.78 Å². The van der Waals surface area contributed by atoms with Crippen molar-refractivity contribution in [2.75, 3.05) is 33.2 Å². The molecule has 1 heterocycles. The number of unbranched alkanes of at least 4 members (excludes halogenated alkanes) is 3. The largest absolute Gasteiger partial charge is 0.316 e. The molecule has 0 bridgehead atoms. The lowest BCUT2D eigenvalue weighted by Crippen LogP contribution is -2.20. The molecule has 0 unspecified atom stereocenters. The quantitative estimate of drug-likeness (QED) is 0.533. The minimum atomic E-state index is -0.550. The van der Waals surface area contributed by atoms with Crippen molar-refractivity contribution >= 4 is 6.08 Å². The van der Waals surface area contributed by atoms with Crippen molar-refractivity contribution in [2.24, 2.45) is 0 Å². The number of nitrogens with one attached hydrogen (secondary N) is 1. The molecular weight excluding hydrogens is 342 g/mol. The van der Waals surface area contributed by atoms with Crippen LogP contribution < -0.4 is 5.32 Å². The Morgan fingerprint density at radius 2 is 1.78 bits per heavy atom. The van der Waals surface area contributed by atoms with Crippen molar-refractivity contribution in [3.8, 4) is 0 Å². The van der Waals surface area contributed by atoms with E-state index in [4.69, 9.17) is 0 Å². The molecule has 0 spiro atoms. The summed E-state index contributed by atoms with van der Waals surface area (Å²) in [5, 5.41) is 2.95. The van der Waals surface area contributed by atoms with Gasteiger partial charge in [0.05, 0.1) is 0 Å². The van der Waals surface area contributed by atoms with Crippen LogP contribution in [0.3, 0.4) is 0 Å². The van der Waals surface area contributed by atoms with E-state index in [0.29, 0.717) is 12.1 Å². The molecule has 1 aliphatic heterocycles. The smallest absolute Gasteiger partial charge is 0.133 e. The normalized spacial score (nSPS) is 14.3. The highest BCUT2D eigenvalue weighted by Gasteiger charge is 2.09. The van der Waals surface area contributed by atoms with E-state index in [1.165, 1.54) is 70.3 Å². The van der Waals surface area contributed by atoms with Crippen LogP contribution in [0, 0.1) is 11.6 Å². The van der Waals surface area contributed by atoms with Crippen LogP contribution in [0.2, 0.25) is 0 Å². The Bertz CT molecular complexity index is 509. The molecule has 0 aromatic heterocycles. The Hall–Kier alpha value is -1.26. The van der Waals surface area contributed by atoms with Gasteiger partial charge in [-0.2, -0.15) is 0 Å². The molecule has 156 valence electrons. The minimum absolute atomic E-state index is 0.416. The zero-order chi connectivity index (χ0) is 20.5. The van der Waals surface area contributed by atoms with Gasteiger partial charge in [-0.05, 0) is 65.0 Å². The summed E-state index contributed by atoms with van der Waals surface area (Å²) in [4.78, 5) is 2.61. The SMILES string of the molecule is CC.CCCCCCN1CCCC1.CNC/C(C)=C/c1ccc(F)cc1F. The van der Waals surface area contributed by atoms with Gasteiger partial charge in [0.15, 0.2) is 0 Å².